The summed E-state index contributed by atoms with van der Waals surface area (Å²) in [6, 6.07) is 15.4. The summed E-state index contributed by atoms with van der Waals surface area (Å²) in [5.74, 6) is 1.88. The Morgan fingerprint density at radius 1 is 1.00 bits per heavy atom. The molecule has 10 nitrogen and oxygen atoms in total. The molecule has 1 N–H and O–H groups in total. The molecular weight excluding hydrogens is 484 g/mol. The topological polar surface area (TPSA) is 115 Å². The first-order valence-corrected chi connectivity index (χ1v) is 12.2. The fourth-order valence-electron chi connectivity index (χ4n) is 4.19. The molecule has 0 unspecified atom stereocenters. The van der Waals surface area contributed by atoms with Crippen LogP contribution in [0, 0.1) is 11.3 Å². The lowest BCUT2D eigenvalue weighted by atomic mass is 10.1. The van der Waals surface area contributed by atoms with Crippen molar-refractivity contribution in [3.63, 3.8) is 0 Å². The molecule has 5 rings (SSSR count). The van der Waals surface area contributed by atoms with Crippen LogP contribution in [0.3, 0.4) is 0 Å². The number of hydrogen-bond donors (Lipinski definition) is 1. The highest BCUT2D eigenvalue weighted by atomic mass is 16.5. The zero-order chi connectivity index (χ0) is 26.3. The van der Waals surface area contributed by atoms with Gasteiger partial charge < -0.3 is 29.2 Å². The maximum Gasteiger partial charge on any atom is 0.162 e. The quantitative estimate of drug-likeness (QED) is 0.350. The molecule has 0 aliphatic carbocycles. The number of nitriles is 1. The minimum absolute atomic E-state index is 0.295. The van der Waals surface area contributed by atoms with Crippen molar-refractivity contribution in [2.45, 2.75) is 13.2 Å². The Morgan fingerprint density at radius 2 is 1.87 bits per heavy atom. The molecule has 1 fully saturated rings. The van der Waals surface area contributed by atoms with Gasteiger partial charge in [0.25, 0.3) is 0 Å². The fourth-order valence-corrected chi connectivity index (χ4v) is 4.19. The molecule has 0 radical (unpaired) electrons. The summed E-state index contributed by atoms with van der Waals surface area (Å²) in [7, 11) is 3.24. The maximum atomic E-state index is 10.0. The molecule has 0 amide bonds. The highest BCUT2D eigenvalue weighted by Gasteiger charge is 2.17. The van der Waals surface area contributed by atoms with Gasteiger partial charge in [0.1, 0.15) is 29.6 Å². The third-order valence-corrected chi connectivity index (χ3v) is 6.16. The van der Waals surface area contributed by atoms with Crippen molar-refractivity contribution in [1.29, 1.82) is 5.26 Å². The molecule has 4 aromatic rings. The maximum absolute atomic E-state index is 10.0. The number of rotatable bonds is 9. The normalized spacial score (nSPS) is 13.2. The monoisotopic (exact) mass is 512 g/mol. The average Bonchev–Trinajstić information content (AvgIpc) is 2.97. The Hall–Kier alpha value is -4.46. The first-order valence-electron chi connectivity index (χ1n) is 12.2. The molecular formula is C28H28N6O4. The molecule has 2 aromatic heterocycles. The number of benzene rings is 2. The second-order valence-corrected chi connectivity index (χ2v) is 8.67. The van der Waals surface area contributed by atoms with E-state index in [-0.39, 0.29) is 0 Å². The van der Waals surface area contributed by atoms with E-state index in [1.54, 1.807) is 26.6 Å². The lowest BCUT2D eigenvalue weighted by molar-refractivity contribution is 0.122. The number of morpholine rings is 1. The van der Waals surface area contributed by atoms with E-state index in [4.69, 9.17) is 23.9 Å². The van der Waals surface area contributed by atoms with Gasteiger partial charge in [-0.2, -0.15) is 5.26 Å². The van der Waals surface area contributed by atoms with Crippen molar-refractivity contribution in [2.75, 3.05) is 50.7 Å². The van der Waals surface area contributed by atoms with Crippen LogP contribution in [-0.2, 0) is 22.7 Å². The zero-order valence-corrected chi connectivity index (χ0v) is 21.3. The number of nitrogens with zero attached hydrogens (tertiary/aromatic N) is 5. The summed E-state index contributed by atoms with van der Waals surface area (Å²) in [6.45, 7) is 3.58. The first kappa shape index (κ1) is 25.2. The van der Waals surface area contributed by atoms with E-state index in [0.29, 0.717) is 60.2 Å². The van der Waals surface area contributed by atoms with Gasteiger partial charge in [0.2, 0.25) is 0 Å². The smallest absolute Gasteiger partial charge is 0.162 e. The predicted octanol–water partition coefficient (Wildman–Crippen LogP) is 4.21. The largest absolute Gasteiger partial charge is 0.493 e. The van der Waals surface area contributed by atoms with Crippen LogP contribution in [0.5, 0.6) is 11.5 Å². The van der Waals surface area contributed by atoms with Gasteiger partial charge in [-0.1, -0.05) is 6.07 Å². The van der Waals surface area contributed by atoms with E-state index in [2.05, 4.69) is 26.3 Å². The van der Waals surface area contributed by atoms with Crippen molar-refractivity contribution in [1.82, 2.24) is 15.0 Å². The molecule has 0 atom stereocenters. The van der Waals surface area contributed by atoms with Crippen molar-refractivity contribution < 1.29 is 18.9 Å². The number of methoxy groups -OCH3 is 2. The number of fused-ring (bicyclic) bond motifs is 1. The second-order valence-electron chi connectivity index (χ2n) is 8.67. The van der Waals surface area contributed by atoms with Crippen molar-refractivity contribution in [2.24, 2.45) is 0 Å². The Balaban J connectivity index is 1.35. The van der Waals surface area contributed by atoms with E-state index >= 15 is 0 Å². The molecule has 1 saturated heterocycles. The van der Waals surface area contributed by atoms with Crippen LogP contribution in [0.15, 0.2) is 54.9 Å². The van der Waals surface area contributed by atoms with E-state index in [9.17, 15) is 5.26 Å². The highest BCUT2D eigenvalue weighted by Crippen LogP contribution is 2.34. The molecule has 194 valence electrons. The molecule has 2 aromatic carbocycles. The van der Waals surface area contributed by atoms with Gasteiger partial charge in [0.15, 0.2) is 11.5 Å². The molecule has 0 saturated carbocycles. The van der Waals surface area contributed by atoms with Crippen molar-refractivity contribution in [3.05, 3.63) is 71.7 Å². The lowest BCUT2D eigenvalue weighted by Crippen LogP contribution is -2.36. The summed E-state index contributed by atoms with van der Waals surface area (Å²) < 4.78 is 22.1. The summed E-state index contributed by atoms with van der Waals surface area (Å²) in [4.78, 5) is 15.8. The van der Waals surface area contributed by atoms with Gasteiger partial charge in [-0.3, -0.25) is 9.97 Å². The number of ether oxygens (including phenoxy) is 4. The van der Waals surface area contributed by atoms with Gasteiger partial charge in [0.05, 0.1) is 50.0 Å². The first-order chi connectivity index (χ1) is 18.7. The Morgan fingerprint density at radius 3 is 2.61 bits per heavy atom. The zero-order valence-electron chi connectivity index (χ0n) is 21.3. The van der Waals surface area contributed by atoms with Crippen molar-refractivity contribution in [3.8, 4) is 17.6 Å². The van der Waals surface area contributed by atoms with Gasteiger partial charge in [-0.05, 0) is 35.9 Å². The molecule has 38 heavy (non-hydrogen) atoms. The third kappa shape index (κ3) is 5.59. The van der Waals surface area contributed by atoms with Crippen molar-refractivity contribution >= 4 is 28.2 Å². The average molecular weight is 513 g/mol. The lowest BCUT2D eigenvalue weighted by Gasteiger charge is -2.27. The standard InChI is InChI=1S/C28H28N6O4/c1-35-17-19-3-4-21(30-15-19)18-38-25-8-5-20(13-26(25)36-2)32-23-6-7-24-28(22(23)14-29)33-27(16-31-24)34-9-11-37-12-10-34/h3-8,13,15-16,32H,9-12,17-18H2,1-2H3. The van der Waals surface area contributed by atoms with E-state index in [1.807, 2.05) is 42.5 Å². The fraction of sp³-hybridized carbons (Fsp3) is 0.286. The van der Waals surface area contributed by atoms with E-state index < -0.39 is 0 Å². The Kier molecular flexibility index (Phi) is 7.78. The number of anilines is 3. The number of pyridine rings is 1. The highest BCUT2D eigenvalue weighted by molar-refractivity contribution is 5.89. The summed E-state index contributed by atoms with van der Waals surface area (Å²) in [5.41, 5.74) is 4.80. The molecule has 0 bridgehead atoms. The summed E-state index contributed by atoms with van der Waals surface area (Å²) >= 11 is 0. The summed E-state index contributed by atoms with van der Waals surface area (Å²) in [5, 5.41) is 13.3. The minimum atomic E-state index is 0.295. The van der Waals surface area contributed by atoms with Crippen LogP contribution < -0.4 is 19.7 Å². The van der Waals surface area contributed by atoms with Gasteiger partial charge >= 0.3 is 0 Å². The number of hydrogen-bond acceptors (Lipinski definition) is 10. The van der Waals surface area contributed by atoms with E-state index in [0.717, 1.165) is 35.9 Å². The van der Waals surface area contributed by atoms with E-state index in [1.165, 1.54) is 0 Å². The summed E-state index contributed by atoms with van der Waals surface area (Å²) in [6.07, 6.45) is 3.52. The Bertz CT molecular complexity index is 1450. The van der Waals surface area contributed by atoms with Gasteiger partial charge in [-0.25, -0.2) is 4.98 Å². The van der Waals surface area contributed by atoms with Crippen LogP contribution in [0.4, 0.5) is 17.2 Å². The van der Waals surface area contributed by atoms with Crippen LogP contribution >= 0.6 is 0 Å². The second kappa shape index (κ2) is 11.7. The molecule has 3 heterocycles. The SMILES string of the molecule is COCc1ccc(COc2ccc(Nc3ccc4ncc(N5CCOCC5)nc4c3C#N)cc2OC)nc1. The van der Waals surface area contributed by atoms with Crippen LogP contribution in [0.2, 0.25) is 0 Å². The Labute approximate surface area is 220 Å². The molecule has 10 heteroatoms. The van der Waals surface area contributed by atoms with Crippen LogP contribution in [-0.4, -0.2) is 55.5 Å². The van der Waals surface area contributed by atoms with Gasteiger partial charge in [0, 0.05) is 38.1 Å². The molecule has 1 aliphatic heterocycles. The number of nitrogens with one attached hydrogen (secondary N) is 1. The predicted molar refractivity (Wildman–Crippen MR) is 143 cm³/mol. The van der Waals surface area contributed by atoms with Crippen LogP contribution in [0.25, 0.3) is 11.0 Å². The third-order valence-electron chi connectivity index (χ3n) is 6.16. The number of aromatic nitrogens is 3. The molecule has 1 aliphatic rings. The van der Waals surface area contributed by atoms with Crippen LogP contribution in [0.1, 0.15) is 16.8 Å². The molecule has 0 spiro atoms. The minimum Gasteiger partial charge on any atom is -0.493 e. The van der Waals surface area contributed by atoms with Gasteiger partial charge in [-0.15, -0.1) is 0 Å².